The van der Waals surface area contributed by atoms with E-state index in [1.54, 1.807) is 12.1 Å². The number of furan rings is 1. The van der Waals surface area contributed by atoms with E-state index in [2.05, 4.69) is 37.2 Å². The molecule has 1 aromatic heterocycles. The van der Waals surface area contributed by atoms with E-state index in [-0.39, 0.29) is 11.3 Å². The number of alkyl halides is 1. The molecule has 17 heavy (non-hydrogen) atoms. The lowest BCUT2D eigenvalue weighted by Crippen LogP contribution is -2.36. The monoisotopic (exact) mass is 363 g/mol. The second-order valence-electron chi connectivity index (χ2n) is 4.63. The Kier molecular flexibility index (Phi) is 4.31. The lowest BCUT2D eigenvalue weighted by atomic mass is 9.89. The number of carbonyl (C=O) groups excluding carboxylic acids is 1. The van der Waals surface area contributed by atoms with Crippen LogP contribution in [0.3, 0.4) is 0 Å². The number of halogens is 2. The van der Waals surface area contributed by atoms with Gasteiger partial charge in [0.05, 0.1) is 0 Å². The van der Waals surface area contributed by atoms with Gasteiger partial charge in [-0.2, -0.15) is 0 Å². The molecule has 0 unspecified atom stereocenters. The molecule has 1 aliphatic rings. The number of nitrogens with one attached hydrogen (secondary N) is 1. The number of amides is 1. The van der Waals surface area contributed by atoms with Gasteiger partial charge in [0, 0.05) is 11.9 Å². The largest absolute Gasteiger partial charge is 0.444 e. The van der Waals surface area contributed by atoms with Crippen molar-refractivity contribution in [3.05, 3.63) is 22.6 Å². The highest BCUT2D eigenvalue weighted by molar-refractivity contribution is 9.10. The number of hydrogen-bond acceptors (Lipinski definition) is 2. The van der Waals surface area contributed by atoms with Crippen LogP contribution < -0.4 is 5.32 Å². The molecule has 1 heterocycles. The molecule has 0 aromatic carbocycles. The normalized spacial score (nSPS) is 18.2. The molecule has 94 valence electrons. The summed E-state index contributed by atoms with van der Waals surface area (Å²) in [5.74, 6) is 0.225. The number of carbonyl (C=O) groups is 1. The van der Waals surface area contributed by atoms with Crippen molar-refractivity contribution in [2.75, 3.05) is 11.9 Å². The summed E-state index contributed by atoms with van der Waals surface area (Å²) in [6.45, 7) is 0.718. The highest BCUT2D eigenvalue weighted by Gasteiger charge is 2.33. The van der Waals surface area contributed by atoms with Crippen LogP contribution in [0.1, 0.15) is 36.2 Å². The second kappa shape index (κ2) is 5.57. The van der Waals surface area contributed by atoms with Crippen molar-refractivity contribution in [2.24, 2.45) is 5.41 Å². The van der Waals surface area contributed by atoms with E-state index in [1.807, 2.05) is 0 Å². The Balaban J connectivity index is 1.91. The van der Waals surface area contributed by atoms with E-state index < -0.39 is 0 Å². The molecule has 1 aliphatic carbocycles. The van der Waals surface area contributed by atoms with Crippen molar-refractivity contribution >= 4 is 37.8 Å². The summed E-state index contributed by atoms with van der Waals surface area (Å²) < 4.78 is 5.80. The Hall–Kier alpha value is -0.290. The topological polar surface area (TPSA) is 42.2 Å². The molecule has 0 atom stereocenters. The molecule has 0 saturated heterocycles. The molecular weight excluding hydrogens is 350 g/mol. The van der Waals surface area contributed by atoms with Crippen LogP contribution >= 0.6 is 31.9 Å². The Morgan fingerprint density at radius 1 is 1.41 bits per heavy atom. The van der Waals surface area contributed by atoms with Gasteiger partial charge >= 0.3 is 0 Å². The lowest BCUT2D eigenvalue weighted by molar-refractivity contribution is 0.0906. The third-order valence-corrected chi connectivity index (χ3v) is 4.98. The van der Waals surface area contributed by atoms with E-state index in [0.717, 1.165) is 11.9 Å². The van der Waals surface area contributed by atoms with Gasteiger partial charge in [-0.1, -0.05) is 28.8 Å². The fraction of sp³-hybridized carbons (Fsp3) is 0.583. The zero-order valence-electron chi connectivity index (χ0n) is 9.47. The van der Waals surface area contributed by atoms with Gasteiger partial charge in [-0.05, 0) is 46.3 Å². The molecule has 0 radical (unpaired) electrons. The average molecular weight is 365 g/mol. The quantitative estimate of drug-likeness (QED) is 0.827. The van der Waals surface area contributed by atoms with Crippen LogP contribution in [0.15, 0.2) is 21.2 Å². The minimum atomic E-state index is -0.136. The Morgan fingerprint density at radius 3 is 2.65 bits per heavy atom. The van der Waals surface area contributed by atoms with Crippen molar-refractivity contribution in [2.45, 2.75) is 25.7 Å². The molecule has 5 heteroatoms. The number of hydrogen-bond donors (Lipinski definition) is 1. The summed E-state index contributed by atoms with van der Waals surface area (Å²) in [4.78, 5) is 11.8. The van der Waals surface area contributed by atoms with Crippen LogP contribution in [-0.2, 0) is 0 Å². The van der Waals surface area contributed by atoms with Crippen molar-refractivity contribution in [1.82, 2.24) is 5.32 Å². The van der Waals surface area contributed by atoms with E-state index >= 15 is 0 Å². The first kappa shape index (κ1) is 13.1. The lowest BCUT2D eigenvalue weighted by Gasteiger charge is -2.26. The maximum atomic E-state index is 11.8. The third kappa shape index (κ3) is 3.13. The molecule has 3 nitrogen and oxygen atoms in total. The smallest absolute Gasteiger partial charge is 0.287 e. The Labute approximate surface area is 118 Å². The van der Waals surface area contributed by atoms with Crippen LogP contribution in [0.2, 0.25) is 0 Å². The maximum absolute atomic E-state index is 11.8. The van der Waals surface area contributed by atoms with Crippen LogP contribution in [0, 0.1) is 5.41 Å². The molecule has 0 spiro atoms. The summed E-state index contributed by atoms with van der Waals surface area (Å²) in [7, 11) is 0. The van der Waals surface area contributed by atoms with Gasteiger partial charge in [0.2, 0.25) is 0 Å². The summed E-state index contributed by atoms with van der Waals surface area (Å²) in [6, 6.07) is 3.40. The molecule has 1 fully saturated rings. The van der Waals surface area contributed by atoms with Crippen molar-refractivity contribution in [3.63, 3.8) is 0 Å². The minimum absolute atomic E-state index is 0.136. The van der Waals surface area contributed by atoms with Crippen molar-refractivity contribution in [1.29, 1.82) is 0 Å². The minimum Gasteiger partial charge on any atom is -0.444 e. The Morgan fingerprint density at radius 2 is 2.12 bits per heavy atom. The van der Waals surface area contributed by atoms with E-state index in [1.165, 1.54) is 25.7 Å². The van der Waals surface area contributed by atoms with Gasteiger partial charge in [-0.3, -0.25) is 4.79 Å². The van der Waals surface area contributed by atoms with E-state index in [4.69, 9.17) is 4.42 Å². The average Bonchev–Trinajstić information content (AvgIpc) is 2.95. The molecule has 2 rings (SSSR count). The van der Waals surface area contributed by atoms with Gasteiger partial charge in [-0.15, -0.1) is 0 Å². The zero-order chi connectivity index (χ0) is 12.3. The van der Waals surface area contributed by atoms with Gasteiger partial charge in [-0.25, -0.2) is 0 Å². The van der Waals surface area contributed by atoms with E-state index in [0.29, 0.717) is 10.4 Å². The van der Waals surface area contributed by atoms with Crippen LogP contribution in [0.5, 0.6) is 0 Å². The third-order valence-electron chi connectivity index (χ3n) is 3.37. The van der Waals surface area contributed by atoms with Gasteiger partial charge < -0.3 is 9.73 Å². The molecule has 0 bridgehead atoms. The SMILES string of the molecule is O=C(NCC1(CBr)CCCC1)c1ccc(Br)o1. The van der Waals surface area contributed by atoms with E-state index in [9.17, 15) is 4.79 Å². The molecular formula is C12H15Br2NO2. The fourth-order valence-electron chi connectivity index (χ4n) is 2.27. The second-order valence-corrected chi connectivity index (χ2v) is 5.97. The summed E-state index contributed by atoms with van der Waals surface area (Å²) in [5, 5.41) is 3.91. The highest BCUT2D eigenvalue weighted by atomic mass is 79.9. The standard InChI is InChI=1S/C12H15Br2NO2/c13-7-12(5-1-2-6-12)8-15-11(16)9-3-4-10(14)17-9/h3-4H,1-2,5-8H2,(H,15,16). The van der Waals surface area contributed by atoms with Crippen LogP contribution in [-0.4, -0.2) is 17.8 Å². The predicted molar refractivity (Wildman–Crippen MR) is 73.4 cm³/mol. The fourth-order valence-corrected chi connectivity index (χ4v) is 3.34. The first-order chi connectivity index (χ1) is 8.15. The van der Waals surface area contributed by atoms with Crippen LogP contribution in [0.25, 0.3) is 0 Å². The molecule has 1 saturated carbocycles. The maximum Gasteiger partial charge on any atom is 0.287 e. The Bertz CT molecular complexity index is 397. The summed E-state index contributed by atoms with van der Waals surface area (Å²) in [6.07, 6.45) is 4.88. The predicted octanol–water partition coefficient (Wildman–Crippen LogP) is 3.73. The summed E-state index contributed by atoms with van der Waals surface area (Å²) >= 11 is 6.75. The number of rotatable bonds is 4. The van der Waals surface area contributed by atoms with Gasteiger partial charge in [0.1, 0.15) is 0 Å². The molecule has 1 amide bonds. The van der Waals surface area contributed by atoms with Crippen molar-refractivity contribution in [3.8, 4) is 0 Å². The van der Waals surface area contributed by atoms with Crippen LogP contribution in [0.4, 0.5) is 0 Å². The first-order valence-corrected chi connectivity index (χ1v) is 7.66. The zero-order valence-corrected chi connectivity index (χ0v) is 12.6. The van der Waals surface area contributed by atoms with Gasteiger partial charge in [0.25, 0.3) is 5.91 Å². The summed E-state index contributed by atoms with van der Waals surface area (Å²) in [5.41, 5.74) is 0.236. The molecule has 1 aromatic rings. The highest BCUT2D eigenvalue weighted by Crippen LogP contribution is 2.38. The van der Waals surface area contributed by atoms with Crippen molar-refractivity contribution < 1.29 is 9.21 Å². The van der Waals surface area contributed by atoms with Gasteiger partial charge in [0.15, 0.2) is 10.4 Å². The first-order valence-electron chi connectivity index (χ1n) is 5.75. The molecule has 1 N–H and O–H groups in total. The molecule has 0 aliphatic heterocycles.